The van der Waals surface area contributed by atoms with Crippen molar-refractivity contribution in [2.45, 2.75) is 19.8 Å². The fourth-order valence-electron chi connectivity index (χ4n) is 2.27. The highest BCUT2D eigenvalue weighted by molar-refractivity contribution is 5.99. The van der Waals surface area contributed by atoms with Crippen molar-refractivity contribution in [1.29, 1.82) is 0 Å². The number of hydrogen-bond acceptors (Lipinski definition) is 6. The van der Waals surface area contributed by atoms with Crippen LogP contribution in [0, 0.1) is 10.1 Å². The normalized spacial score (nSPS) is 10.3. The molecule has 0 spiro atoms. The lowest BCUT2D eigenvalue weighted by Crippen LogP contribution is -2.14. The fraction of sp³-hybridized carbons (Fsp3) is 0.222. The van der Waals surface area contributed by atoms with Gasteiger partial charge in [0.2, 0.25) is 0 Å². The molecule has 130 valence electrons. The number of nitrogens with two attached hydrogens (primary N) is 1. The first-order valence-corrected chi connectivity index (χ1v) is 7.75. The van der Waals surface area contributed by atoms with Crippen molar-refractivity contribution in [3.05, 3.63) is 69.3 Å². The largest absolute Gasteiger partial charge is 0.454 e. The van der Waals surface area contributed by atoms with E-state index in [9.17, 15) is 19.7 Å². The van der Waals surface area contributed by atoms with Crippen LogP contribution in [0.5, 0.6) is 0 Å². The quantitative estimate of drug-likeness (QED) is 0.272. The number of nitrogens with zero attached hydrogens (tertiary/aromatic N) is 1. The molecule has 0 unspecified atom stereocenters. The van der Waals surface area contributed by atoms with Gasteiger partial charge in [0, 0.05) is 11.6 Å². The maximum atomic E-state index is 12.1. The van der Waals surface area contributed by atoms with Gasteiger partial charge in [0.25, 0.3) is 5.69 Å². The third-order valence-corrected chi connectivity index (χ3v) is 3.61. The topological polar surface area (TPSA) is 113 Å². The number of anilines is 1. The zero-order valence-electron chi connectivity index (χ0n) is 13.7. The van der Waals surface area contributed by atoms with Gasteiger partial charge in [-0.05, 0) is 24.1 Å². The number of nitro benzene ring substituents is 1. The van der Waals surface area contributed by atoms with Gasteiger partial charge in [-0.1, -0.05) is 37.6 Å². The van der Waals surface area contributed by atoms with Crippen LogP contribution in [-0.2, 0) is 11.2 Å². The van der Waals surface area contributed by atoms with Crippen LogP contribution in [0.2, 0.25) is 0 Å². The number of ketones is 1. The van der Waals surface area contributed by atoms with Gasteiger partial charge in [-0.15, -0.1) is 0 Å². The maximum Gasteiger partial charge on any atom is 0.338 e. The van der Waals surface area contributed by atoms with E-state index in [1.165, 1.54) is 12.1 Å². The molecule has 0 bridgehead atoms. The second-order valence-corrected chi connectivity index (χ2v) is 5.48. The van der Waals surface area contributed by atoms with E-state index in [0.29, 0.717) is 5.56 Å². The predicted molar refractivity (Wildman–Crippen MR) is 92.6 cm³/mol. The molecule has 0 fully saturated rings. The van der Waals surface area contributed by atoms with Crippen LogP contribution < -0.4 is 5.73 Å². The summed E-state index contributed by atoms with van der Waals surface area (Å²) in [6.45, 7) is 1.63. The predicted octanol–water partition coefficient (Wildman–Crippen LogP) is 3.17. The van der Waals surface area contributed by atoms with Crippen LogP contribution >= 0.6 is 0 Å². The monoisotopic (exact) mass is 342 g/mol. The highest BCUT2D eigenvalue weighted by Gasteiger charge is 2.17. The lowest BCUT2D eigenvalue weighted by atomic mass is 10.1. The van der Waals surface area contributed by atoms with E-state index in [1.807, 2.05) is 12.1 Å². The van der Waals surface area contributed by atoms with Gasteiger partial charge >= 0.3 is 5.97 Å². The number of hydrogen-bond donors (Lipinski definition) is 1. The molecule has 0 radical (unpaired) electrons. The molecule has 25 heavy (non-hydrogen) atoms. The number of nitro groups is 1. The van der Waals surface area contributed by atoms with E-state index < -0.39 is 17.5 Å². The zero-order valence-corrected chi connectivity index (χ0v) is 13.7. The summed E-state index contributed by atoms with van der Waals surface area (Å²) in [5.41, 5.74) is 6.58. The minimum atomic E-state index is -0.820. The Labute approximate surface area is 144 Å². The van der Waals surface area contributed by atoms with E-state index >= 15 is 0 Å². The highest BCUT2D eigenvalue weighted by atomic mass is 16.6. The number of Topliss-reactive ketones (excluding diaryl/α,β-unsaturated/α-hetero) is 1. The molecule has 0 heterocycles. The summed E-state index contributed by atoms with van der Waals surface area (Å²) in [5, 5.41) is 10.8. The molecule has 2 aromatic rings. The Kier molecular flexibility index (Phi) is 5.84. The number of ether oxygens (including phenoxy) is 1. The van der Waals surface area contributed by atoms with Crippen molar-refractivity contribution in [3.63, 3.8) is 0 Å². The van der Waals surface area contributed by atoms with Crippen molar-refractivity contribution in [3.8, 4) is 0 Å². The molecule has 0 aliphatic heterocycles. The first-order valence-electron chi connectivity index (χ1n) is 7.75. The van der Waals surface area contributed by atoms with Crippen LogP contribution in [0.1, 0.15) is 39.6 Å². The van der Waals surface area contributed by atoms with Crippen LogP contribution in [0.25, 0.3) is 0 Å². The highest BCUT2D eigenvalue weighted by Crippen LogP contribution is 2.22. The van der Waals surface area contributed by atoms with E-state index in [1.54, 1.807) is 12.1 Å². The number of carbonyl (C=O) groups is 2. The van der Waals surface area contributed by atoms with Gasteiger partial charge in [0.05, 0.1) is 10.5 Å². The number of carbonyl (C=O) groups excluding carboxylic acids is 2. The Morgan fingerprint density at radius 1 is 1.12 bits per heavy atom. The number of nitrogen functional groups attached to an aromatic ring is 1. The average molecular weight is 342 g/mol. The van der Waals surface area contributed by atoms with Crippen LogP contribution in [0.15, 0.2) is 42.5 Å². The Morgan fingerprint density at radius 3 is 2.36 bits per heavy atom. The summed E-state index contributed by atoms with van der Waals surface area (Å²) in [4.78, 5) is 34.2. The minimum Gasteiger partial charge on any atom is -0.454 e. The molecule has 0 aliphatic carbocycles. The minimum absolute atomic E-state index is 0.0352. The molecule has 2 aromatic carbocycles. The lowest BCUT2D eigenvalue weighted by Gasteiger charge is -2.06. The molecule has 0 aromatic heterocycles. The summed E-state index contributed by atoms with van der Waals surface area (Å²) in [6, 6.07) is 10.7. The SMILES string of the molecule is CCCc1ccc(C(=O)COC(=O)c2ccc(N)c([N+](=O)[O-])c2)cc1. The molecule has 0 atom stereocenters. The van der Waals surface area contributed by atoms with Crippen molar-refractivity contribution >= 4 is 23.1 Å². The van der Waals surface area contributed by atoms with Gasteiger partial charge in [-0.2, -0.15) is 0 Å². The first kappa shape index (κ1) is 18.1. The maximum absolute atomic E-state index is 12.1. The second-order valence-electron chi connectivity index (χ2n) is 5.48. The molecular weight excluding hydrogens is 324 g/mol. The van der Waals surface area contributed by atoms with E-state index in [2.05, 4.69) is 6.92 Å². The second kappa shape index (κ2) is 8.05. The van der Waals surface area contributed by atoms with Gasteiger partial charge in [0.15, 0.2) is 12.4 Å². The number of benzene rings is 2. The molecule has 7 nitrogen and oxygen atoms in total. The van der Waals surface area contributed by atoms with Gasteiger partial charge < -0.3 is 10.5 Å². The molecule has 0 amide bonds. The Bertz CT molecular complexity index is 800. The third kappa shape index (κ3) is 4.63. The summed E-state index contributed by atoms with van der Waals surface area (Å²) < 4.78 is 4.94. The van der Waals surface area contributed by atoms with Crippen molar-refractivity contribution in [2.75, 3.05) is 12.3 Å². The molecule has 0 aliphatic rings. The third-order valence-electron chi connectivity index (χ3n) is 3.61. The summed E-state index contributed by atoms with van der Waals surface area (Å²) in [7, 11) is 0. The van der Waals surface area contributed by atoms with Crippen molar-refractivity contribution < 1.29 is 19.2 Å². The van der Waals surface area contributed by atoms with Crippen LogP contribution in [0.4, 0.5) is 11.4 Å². The average Bonchev–Trinajstić information content (AvgIpc) is 2.60. The molecule has 0 saturated carbocycles. The van der Waals surface area contributed by atoms with E-state index in [0.717, 1.165) is 24.5 Å². The van der Waals surface area contributed by atoms with Gasteiger partial charge in [0.1, 0.15) is 5.69 Å². The van der Waals surface area contributed by atoms with Crippen molar-refractivity contribution in [1.82, 2.24) is 0 Å². The van der Waals surface area contributed by atoms with E-state index in [-0.39, 0.29) is 22.7 Å². The first-order chi connectivity index (χ1) is 11.9. The van der Waals surface area contributed by atoms with E-state index in [4.69, 9.17) is 10.5 Å². The number of rotatable bonds is 7. The number of esters is 1. The summed E-state index contributed by atoms with van der Waals surface area (Å²) in [6.07, 6.45) is 1.94. The van der Waals surface area contributed by atoms with Gasteiger partial charge in [-0.25, -0.2) is 4.79 Å². The lowest BCUT2D eigenvalue weighted by molar-refractivity contribution is -0.383. The molecule has 0 saturated heterocycles. The standard InChI is InChI=1S/C18H18N2O5/c1-2-3-12-4-6-13(7-5-12)17(21)11-25-18(22)14-8-9-15(19)16(10-14)20(23)24/h4-10H,2-3,11,19H2,1H3. The van der Waals surface area contributed by atoms with Crippen LogP contribution in [0.3, 0.4) is 0 Å². The molecule has 2 rings (SSSR count). The van der Waals surface area contributed by atoms with Crippen molar-refractivity contribution in [2.24, 2.45) is 0 Å². The Hall–Kier alpha value is -3.22. The summed E-state index contributed by atoms with van der Waals surface area (Å²) >= 11 is 0. The molecule has 7 heteroatoms. The Morgan fingerprint density at radius 2 is 1.76 bits per heavy atom. The zero-order chi connectivity index (χ0) is 18.4. The number of aryl methyl sites for hydroxylation is 1. The molecule has 2 N–H and O–H groups in total. The van der Waals surface area contributed by atoms with Crippen LogP contribution in [-0.4, -0.2) is 23.3 Å². The summed E-state index contributed by atoms with van der Waals surface area (Å²) in [5.74, 6) is -1.17. The smallest absolute Gasteiger partial charge is 0.338 e. The fourth-order valence-corrected chi connectivity index (χ4v) is 2.27. The Balaban J connectivity index is 2.00. The molecular formula is C18H18N2O5. The van der Waals surface area contributed by atoms with Gasteiger partial charge in [-0.3, -0.25) is 14.9 Å².